The Morgan fingerprint density at radius 3 is 2.67 bits per heavy atom. The van der Waals surface area contributed by atoms with Gasteiger partial charge in [-0.1, -0.05) is 0 Å². The van der Waals surface area contributed by atoms with Gasteiger partial charge in [0.1, 0.15) is 0 Å². The van der Waals surface area contributed by atoms with Gasteiger partial charge in [0.2, 0.25) is 0 Å². The zero-order valence-corrected chi connectivity index (χ0v) is 8.77. The van der Waals surface area contributed by atoms with Crippen molar-refractivity contribution in [1.82, 2.24) is 4.57 Å². The highest BCUT2D eigenvalue weighted by Crippen LogP contribution is 1.98. The maximum absolute atomic E-state index is 11.2. The second-order valence-electron chi connectivity index (χ2n) is 3.13. The predicted molar refractivity (Wildman–Crippen MR) is 56.1 cm³/mol. The van der Waals surface area contributed by atoms with Crippen molar-refractivity contribution in [2.45, 2.75) is 13.0 Å². The van der Waals surface area contributed by atoms with E-state index in [0.717, 1.165) is 0 Å². The van der Waals surface area contributed by atoms with Gasteiger partial charge in [0.15, 0.2) is 0 Å². The van der Waals surface area contributed by atoms with E-state index in [1.807, 2.05) is 0 Å². The summed E-state index contributed by atoms with van der Waals surface area (Å²) in [5, 5.41) is 0. The molecule has 1 aromatic rings. The molecule has 0 aliphatic heterocycles. The van der Waals surface area contributed by atoms with Crippen LogP contribution in [-0.4, -0.2) is 23.3 Å². The molecule has 0 saturated heterocycles. The number of aryl methyl sites for hydroxylation is 1. The van der Waals surface area contributed by atoms with Crippen molar-refractivity contribution in [2.24, 2.45) is 0 Å². The van der Waals surface area contributed by atoms with Crippen molar-refractivity contribution in [3.05, 3.63) is 28.7 Å². The Bertz CT molecular complexity index is 492. The molecule has 0 aliphatic rings. The summed E-state index contributed by atoms with van der Waals surface area (Å²) in [7, 11) is -3.96. The first kappa shape index (κ1) is 11.7. The van der Waals surface area contributed by atoms with Gasteiger partial charge in [-0.3, -0.25) is 9.35 Å². The normalized spacial score (nSPS) is 11.5. The van der Waals surface area contributed by atoms with Crippen LogP contribution in [0.2, 0.25) is 0 Å². The van der Waals surface area contributed by atoms with Crippen molar-refractivity contribution in [1.29, 1.82) is 0 Å². The summed E-state index contributed by atoms with van der Waals surface area (Å²) in [5.41, 5.74) is 5.64. The number of nitrogen functional groups attached to an aromatic ring is 1. The first-order valence-electron chi connectivity index (χ1n) is 4.29. The average Bonchev–Trinajstić information content (AvgIpc) is 2.09. The van der Waals surface area contributed by atoms with Gasteiger partial charge in [-0.25, -0.2) is 0 Å². The standard InChI is InChI=1S/C8H12N2O4S/c9-7-2-3-8(11)10(6-7)4-1-5-15(12,13)14/h2-3,6H,1,4-5,9H2,(H,12,13,14). The molecule has 0 fully saturated rings. The van der Waals surface area contributed by atoms with Crippen LogP contribution in [0.15, 0.2) is 23.1 Å². The maximum atomic E-state index is 11.2. The number of rotatable bonds is 4. The minimum Gasteiger partial charge on any atom is -0.398 e. The Morgan fingerprint density at radius 2 is 2.07 bits per heavy atom. The summed E-state index contributed by atoms with van der Waals surface area (Å²) in [5.74, 6) is -0.367. The molecule has 0 atom stereocenters. The molecule has 0 amide bonds. The van der Waals surface area contributed by atoms with Gasteiger partial charge in [0.25, 0.3) is 15.7 Å². The Morgan fingerprint density at radius 1 is 1.40 bits per heavy atom. The largest absolute Gasteiger partial charge is 0.398 e. The number of nitrogens with zero attached hydrogens (tertiary/aromatic N) is 1. The number of hydrogen-bond donors (Lipinski definition) is 2. The van der Waals surface area contributed by atoms with E-state index in [1.165, 1.54) is 22.9 Å². The number of aromatic nitrogens is 1. The fraction of sp³-hybridized carbons (Fsp3) is 0.375. The van der Waals surface area contributed by atoms with Crippen molar-refractivity contribution in [2.75, 3.05) is 11.5 Å². The van der Waals surface area contributed by atoms with Crippen molar-refractivity contribution in [3.8, 4) is 0 Å². The molecule has 6 nitrogen and oxygen atoms in total. The SMILES string of the molecule is Nc1ccc(=O)n(CCCS(=O)(=O)O)c1. The highest BCUT2D eigenvalue weighted by molar-refractivity contribution is 7.85. The number of hydrogen-bond acceptors (Lipinski definition) is 4. The number of pyridine rings is 1. The summed E-state index contributed by atoms with van der Waals surface area (Å²) in [6.07, 6.45) is 1.61. The van der Waals surface area contributed by atoms with E-state index < -0.39 is 10.1 Å². The second-order valence-corrected chi connectivity index (χ2v) is 4.71. The molecule has 15 heavy (non-hydrogen) atoms. The lowest BCUT2D eigenvalue weighted by Gasteiger charge is -2.04. The van der Waals surface area contributed by atoms with Gasteiger partial charge in [0.05, 0.1) is 5.75 Å². The van der Waals surface area contributed by atoms with Crippen molar-refractivity contribution in [3.63, 3.8) is 0 Å². The van der Waals surface area contributed by atoms with Gasteiger partial charge in [0, 0.05) is 24.5 Å². The lowest BCUT2D eigenvalue weighted by molar-refractivity contribution is 0.478. The van der Waals surface area contributed by atoms with Crippen molar-refractivity contribution < 1.29 is 13.0 Å². The molecule has 0 saturated carbocycles. The van der Waals surface area contributed by atoms with Crippen LogP contribution in [0, 0.1) is 0 Å². The Balaban J connectivity index is 2.66. The molecule has 0 aliphatic carbocycles. The molecule has 0 spiro atoms. The van der Waals surface area contributed by atoms with E-state index >= 15 is 0 Å². The third kappa shape index (κ3) is 4.13. The highest BCUT2D eigenvalue weighted by atomic mass is 32.2. The van der Waals surface area contributed by atoms with Crippen molar-refractivity contribution >= 4 is 15.8 Å². The van der Waals surface area contributed by atoms with Crippen LogP contribution in [0.1, 0.15) is 6.42 Å². The van der Waals surface area contributed by atoms with Crippen LogP contribution in [0.4, 0.5) is 5.69 Å². The summed E-state index contributed by atoms with van der Waals surface area (Å²) >= 11 is 0. The second kappa shape index (κ2) is 4.45. The molecular weight excluding hydrogens is 220 g/mol. The van der Waals surface area contributed by atoms with Crippen LogP contribution in [0.3, 0.4) is 0 Å². The Kier molecular flexibility index (Phi) is 3.48. The first-order valence-corrected chi connectivity index (χ1v) is 5.90. The number of anilines is 1. The Hall–Kier alpha value is -1.34. The van der Waals surface area contributed by atoms with Gasteiger partial charge >= 0.3 is 0 Å². The van der Waals surface area contributed by atoms with Crippen LogP contribution >= 0.6 is 0 Å². The zero-order chi connectivity index (χ0) is 11.5. The Labute approximate surface area is 87.1 Å². The molecule has 0 radical (unpaired) electrons. The maximum Gasteiger partial charge on any atom is 0.264 e. The third-order valence-corrected chi connectivity index (χ3v) is 2.61. The molecule has 7 heteroatoms. The topological polar surface area (TPSA) is 102 Å². The van der Waals surface area contributed by atoms with Crippen LogP contribution in [0.25, 0.3) is 0 Å². The average molecular weight is 232 g/mol. The fourth-order valence-electron chi connectivity index (χ4n) is 1.14. The minimum atomic E-state index is -3.96. The molecule has 84 valence electrons. The van der Waals surface area contributed by atoms with Gasteiger partial charge < -0.3 is 10.3 Å². The fourth-order valence-corrected chi connectivity index (χ4v) is 1.64. The smallest absolute Gasteiger partial charge is 0.264 e. The third-order valence-electron chi connectivity index (χ3n) is 1.81. The summed E-state index contributed by atoms with van der Waals surface area (Å²) in [6.45, 7) is 0.212. The highest BCUT2D eigenvalue weighted by Gasteiger charge is 2.04. The zero-order valence-electron chi connectivity index (χ0n) is 7.96. The predicted octanol–water partition coefficient (Wildman–Crippen LogP) is -0.292. The van der Waals surface area contributed by atoms with Gasteiger partial charge in [-0.15, -0.1) is 0 Å². The molecule has 1 heterocycles. The van der Waals surface area contributed by atoms with E-state index in [0.29, 0.717) is 5.69 Å². The lowest BCUT2D eigenvalue weighted by atomic mass is 10.4. The number of nitrogens with two attached hydrogens (primary N) is 1. The molecular formula is C8H12N2O4S. The summed E-state index contributed by atoms with van der Waals surface area (Å²) in [4.78, 5) is 11.2. The lowest BCUT2D eigenvalue weighted by Crippen LogP contribution is -2.20. The molecule has 1 aromatic heterocycles. The van der Waals surface area contributed by atoms with Crippen LogP contribution < -0.4 is 11.3 Å². The van der Waals surface area contributed by atoms with Crippen LogP contribution in [-0.2, 0) is 16.7 Å². The molecule has 3 N–H and O–H groups in total. The molecule has 0 unspecified atom stereocenters. The monoisotopic (exact) mass is 232 g/mol. The van der Waals surface area contributed by atoms with E-state index in [2.05, 4.69) is 0 Å². The molecule has 0 bridgehead atoms. The minimum absolute atomic E-state index is 0.169. The molecule has 0 aromatic carbocycles. The summed E-state index contributed by atoms with van der Waals surface area (Å²) < 4.78 is 30.6. The van der Waals surface area contributed by atoms with E-state index in [1.54, 1.807) is 0 Å². The molecule has 1 rings (SSSR count). The van der Waals surface area contributed by atoms with E-state index in [4.69, 9.17) is 10.3 Å². The summed E-state index contributed by atoms with van der Waals surface area (Å²) in [6, 6.07) is 2.78. The van der Waals surface area contributed by atoms with E-state index in [-0.39, 0.29) is 24.3 Å². The first-order chi connectivity index (χ1) is 6.88. The quantitative estimate of drug-likeness (QED) is 0.694. The van der Waals surface area contributed by atoms with Crippen LogP contribution in [0.5, 0.6) is 0 Å². The van der Waals surface area contributed by atoms with Gasteiger partial charge in [-0.05, 0) is 12.5 Å². The van der Waals surface area contributed by atoms with Gasteiger partial charge in [-0.2, -0.15) is 8.42 Å². The van der Waals surface area contributed by atoms with E-state index in [9.17, 15) is 13.2 Å².